The van der Waals surface area contributed by atoms with Crippen LogP contribution >= 0.6 is 0 Å². The van der Waals surface area contributed by atoms with Gasteiger partial charge in [-0.1, -0.05) is 0 Å². The molecule has 0 unspecified atom stereocenters. The van der Waals surface area contributed by atoms with Gasteiger partial charge < -0.3 is 4.74 Å². The third-order valence-electron chi connectivity index (χ3n) is 4.31. The number of nitro benzene ring substituents is 1. The number of piperazine rings is 1. The van der Waals surface area contributed by atoms with Crippen LogP contribution in [0.4, 0.5) is 5.69 Å². The van der Waals surface area contributed by atoms with Crippen molar-refractivity contribution >= 4 is 21.7 Å². The number of ether oxygens (including phenoxy) is 1. The zero-order chi connectivity index (χ0) is 17.3. The van der Waals surface area contributed by atoms with Crippen molar-refractivity contribution in [2.45, 2.75) is 17.4 Å². The Morgan fingerprint density at radius 2 is 1.75 bits per heavy atom. The summed E-state index contributed by atoms with van der Waals surface area (Å²) in [6, 6.07) is 4.56. The first kappa shape index (κ1) is 16.8. The minimum absolute atomic E-state index is 0.0295. The lowest BCUT2D eigenvalue weighted by Gasteiger charge is -2.35. The van der Waals surface area contributed by atoms with Crippen LogP contribution in [-0.4, -0.2) is 67.3 Å². The molecule has 3 rings (SSSR count). The Hall–Kier alpha value is -2.04. The van der Waals surface area contributed by atoms with E-state index in [0.29, 0.717) is 26.1 Å². The number of hydrogen-bond acceptors (Lipinski definition) is 7. The molecule has 0 amide bonds. The summed E-state index contributed by atoms with van der Waals surface area (Å²) in [5, 5.41) is 10.7. The molecule has 0 saturated carbocycles. The Balaban J connectivity index is 1.68. The van der Waals surface area contributed by atoms with E-state index in [0.717, 1.165) is 0 Å². The van der Waals surface area contributed by atoms with E-state index >= 15 is 0 Å². The Kier molecular flexibility index (Phi) is 4.52. The van der Waals surface area contributed by atoms with Crippen LogP contribution in [-0.2, 0) is 19.6 Å². The number of rotatable bonds is 4. The Morgan fingerprint density at radius 3 is 2.25 bits per heavy atom. The van der Waals surface area contributed by atoms with Crippen molar-refractivity contribution in [2.75, 3.05) is 32.8 Å². The van der Waals surface area contributed by atoms with E-state index in [1.54, 1.807) is 0 Å². The molecule has 0 bridgehead atoms. The Morgan fingerprint density at radius 1 is 1.12 bits per heavy atom. The zero-order valence-corrected chi connectivity index (χ0v) is 13.6. The second-order valence-corrected chi connectivity index (χ2v) is 7.60. The van der Waals surface area contributed by atoms with Gasteiger partial charge in [-0.2, -0.15) is 4.31 Å². The summed E-state index contributed by atoms with van der Waals surface area (Å²) < 4.78 is 31.5. The molecule has 10 heteroatoms. The second-order valence-electron chi connectivity index (χ2n) is 5.66. The van der Waals surface area contributed by atoms with Crippen LogP contribution in [0, 0.1) is 10.1 Å². The molecule has 0 radical (unpaired) electrons. The van der Waals surface area contributed by atoms with Crippen LogP contribution in [0.15, 0.2) is 29.2 Å². The van der Waals surface area contributed by atoms with Crippen molar-refractivity contribution in [3.05, 3.63) is 34.4 Å². The van der Waals surface area contributed by atoms with Gasteiger partial charge in [0.25, 0.3) is 5.69 Å². The summed E-state index contributed by atoms with van der Waals surface area (Å²) in [5.74, 6) is -0.248. The van der Waals surface area contributed by atoms with E-state index in [1.165, 1.54) is 28.6 Å². The van der Waals surface area contributed by atoms with Gasteiger partial charge in [-0.3, -0.25) is 19.8 Å². The molecule has 9 nitrogen and oxygen atoms in total. The van der Waals surface area contributed by atoms with Crippen LogP contribution in [0.1, 0.15) is 6.42 Å². The fourth-order valence-corrected chi connectivity index (χ4v) is 4.38. The summed E-state index contributed by atoms with van der Waals surface area (Å²) in [5.41, 5.74) is -0.154. The van der Waals surface area contributed by atoms with Crippen LogP contribution < -0.4 is 0 Å². The maximum atomic E-state index is 12.6. The van der Waals surface area contributed by atoms with E-state index in [2.05, 4.69) is 0 Å². The van der Waals surface area contributed by atoms with E-state index in [1.807, 2.05) is 4.90 Å². The van der Waals surface area contributed by atoms with Crippen molar-refractivity contribution in [3.63, 3.8) is 0 Å². The summed E-state index contributed by atoms with van der Waals surface area (Å²) >= 11 is 0. The number of nitrogens with zero attached hydrogens (tertiary/aromatic N) is 3. The molecule has 130 valence electrons. The molecule has 2 heterocycles. The highest BCUT2D eigenvalue weighted by molar-refractivity contribution is 7.89. The number of hydrogen-bond donors (Lipinski definition) is 0. The van der Waals surface area contributed by atoms with Crippen LogP contribution in [0.25, 0.3) is 0 Å². The Labute approximate surface area is 139 Å². The molecule has 24 heavy (non-hydrogen) atoms. The van der Waals surface area contributed by atoms with Gasteiger partial charge >= 0.3 is 5.97 Å². The van der Waals surface area contributed by atoms with Crippen LogP contribution in [0.5, 0.6) is 0 Å². The number of sulfonamides is 1. The second kappa shape index (κ2) is 6.46. The van der Waals surface area contributed by atoms with Crippen molar-refractivity contribution in [1.29, 1.82) is 0 Å². The molecule has 2 saturated heterocycles. The SMILES string of the molecule is O=C1OCC[C@@H]1N1CCN(S(=O)(=O)c2ccc([N+](=O)[O-])cc2)CC1. The third kappa shape index (κ3) is 3.12. The number of benzene rings is 1. The zero-order valence-electron chi connectivity index (χ0n) is 12.8. The Bertz CT molecular complexity index is 740. The molecular formula is C14H17N3O6S. The normalized spacial score (nSPS) is 23.2. The number of nitro groups is 1. The van der Waals surface area contributed by atoms with Crippen molar-refractivity contribution in [3.8, 4) is 0 Å². The molecule has 1 aromatic rings. The van der Waals surface area contributed by atoms with E-state index in [-0.39, 0.29) is 35.7 Å². The lowest BCUT2D eigenvalue weighted by atomic mass is 10.2. The highest BCUT2D eigenvalue weighted by Gasteiger charge is 2.36. The molecule has 2 aliphatic rings. The molecule has 1 atom stereocenters. The van der Waals surface area contributed by atoms with E-state index in [9.17, 15) is 23.3 Å². The first-order valence-corrected chi connectivity index (χ1v) is 8.99. The van der Waals surface area contributed by atoms with Gasteiger partial charge in [0, 0.05) is 44.7 Å². The average Bonchev–Trinajstić information content (AvgIpc) is 3.01. The fraction of sp³-hybridized carbons (Fsp3) is 0.500. The monoisotopic (exact) mass is 355 g/mol. The standard InChI is InChI=1S/C14H17N3O6S/c18-14-13(5-10-23-14)15-6-8-16(9-7-15)24(21,22)12-3-1-11(2-4-12)17(19)20/h1-4,13H,5-10H2/t13-/m0/s1. The minimum atomic E-state index is -3.70. The molecule has 1 aromatic carbocycles. The van der Waals surface area contributed by atoms with Crippen molar-refractivity contribution < 1.29 is 22.9 Å². The maximum absolute atomic E-state index is 12.6. The molecule has 0 spiro atoms. The van der Waals surface area contributed by atoms with Crippen molar-refractivity contribution in [2.24, 2.45) is 0 Å². The van der Waals surface area contributed by atoms with Gasteiger partial charge in [0.1, 0.15) is 6.04 Å². The summed E-state index contributed by atoms with van der Waals surface area (Å²) in [6.07, 6.45) is 0.633. The summed E-state index contributed by atoms with van der Waals surface area (Å²) in [6.45, 7) is 1.84. The van der Waals surface area contributed by atoms with E-state index in [4.69, 9.17) is 4.74 Å². The van der Waals surface area contributed by atoms with Gasteiger partial charge in [0.15, 0.2) is 0 Å². The smallest absolute Gasteiger partial charge is 0.323 e. The number of esters is 1. The first-order chi connectivity index (χ1) is 11.4. The summed E-state index contributed by atoms with van der Waals surface area (Å²) in [4.78, 5) is 23.7. The lowest BCUT2D eigenvalue weighted by Crippen LogP contribution is -2.52. The number of carbonyl (C=O) groups excluding carboxylic acids is 1. The lowest BCUT2D eigenvalue weighted by molar-refractivity contribution is -0.384. The fourth-order valence-electron chi connectivity index (χ4n) is 2.96. The predicted molar refractivity (Wildman–Crippen MR) is 82.8 cm³/mol. The molecule has 0 N–H and O–H groups in total. The highest BCUT2D eigenvalue weighted by Crippen LogP contribution is 2.22. The third-order valence-corrected chi connectivity index (χ3v) is 6.22. The minimum Gasteiger partial charge on any atom is -0.464 e. The maximum Gasteiger partial charge on any atom is 0.323 e. The molecule has 2 aliphatic heterocycles. The number of carbonyl (C=O) groups is 1. The van der Waals surface area contributed by atoms with Gasteiger partial charge in [-0.15, -0.1) is 0 Å². The molecule has 0 aliphatic carbocycles. The van der Waals surface area contributed by atoms with Gasteiger partial charge in [0.05, 0.1) is 16.4 Å². The quantitative estimate of drug-likeness (QED) is 0.431. The number of non-ortho nitro benzene ring substituents is 1. The van der Waals surface area contributed by atoms with E-state index < -0.39 is 14.9 Å². The predicted octanol–water partition coefficient (Wildman–Crippen LogP) is 0.217. The number of cyclic esters (lactones) is 1. The highest BCUT2D eigenvalue weighted by atomic mass is 32.2. The van der Waals surface area contributed by atoms with Gasteiger partial charge in [-0.25, -0.2) is 8.42 Å². The largest absolute Gasteiger partial charge is 0.464 e. The molecule has 2 fully saturated rings. The first-order valence-electron chi connectivity index (χ1n) is 7.55. The van der Waals surface area contributed by atoms with Crippen LogP contribution in [0.3, 0.4) is 0 Å². The molecule has 0 aromatic heterocycles. The van der Waals surface area contributed by atoms with Crippen LogP contribution in [0.2, 0.25) is 0 Å². The van der Waals surface area contributed by atoms with Gasteiger partial charge in [0.2, 0.25) is 10.0 Å². The molecular weight excluding hydrogens is 338 g/mol. The van der Waals surface area contributed by atoms with Crippen molar-refractivity contribution in [1.82, 2.24) is 9.21 Å². The average molecular weight is 355 g/mol. The topological polar surface area (TPSA) is 110 Å². The van der Waals surface area contributed by atoms with Gasteiger partial charge in [-0.05, 0) is 12.1 Å². The summed E-state index contributed by atoms with van der Waals surface area (Å²) in [7, 11) is -3.70.